The van der Waals surface area contributed by atoms with Crippen LogP contribution in [0.2, 0.25) is 0 Å². The Hall–Kier alpha value is -3.58. The van der Waals surface area contributed by atoms with E-state index in [0.29, 0.717) is 5.56 Å². The predicted octanol–water partition coefficient (Wildman–Crippen LogP) is 5.07. The topological polar surface area (TPSA) is 60.1 Å². The van der Waals surface area contributed by atoms with Crippen LogP contribution >= 0.6 is 0 Å². The molecule has 5 nitrogen and oxygen atoms in total. The first-order chi connectivity index (χ1) is 16.3. The van der Waals surface area contributed by atoms with Crippen molar-refractivity contribution in [3.05, 3.63) is 117 Å². The summed E-state index contributed by atoms with van der Waals surface area (Å²) in [6, 6.07) is 13.7. The van der Waals surface area contributed by atoms with Crippen molar-refractivity contribution in [3.63, 3.8) is 0 Å². The van der Waals surface area contributed by atoms with E-state index in [1.54, 1.807) is 12.4 Å². The van der Waals surface area contributed by atoms with Crippen molar-refractivity contribution in [2.24, 2.45) is 0 Å². The monoisotopic (exact) mass is 463 g/mol. The minimum absolute atomic E-state index is 0.204. The van der Waals surface area contributed by atoms with Gasteiger partial charge in [-0.1, -0.05) is 42.0 Å². The number of benzene rings is 2. The van der Waals surface area contributed by atoms with Crippen molar-refractivity contribution in [1.82, 2.24) is 14.1 Å². The summed E-state index contributed by atoms with van der Waals surface area (Å²) in [5.41, 5.74) is 4.95. The van der Waals surface area contributed by atoms with E-state index in [1.807, 2.05) is 67.9 Å². The molecule has 2 aromatic heterocycles. The Morgan fingerprint density at radius 2 is 1.79 bits per heavy atom. The number of hydrogen-bond acceptors (Lipinski definition) is 3. The van der Waals surface area contributed by atoms with Crippen molar-refractivity contribution >= 4 is 0 Å². The Labute approximate surface area is 197 Å². The number of aliphatic hydroxyl groups is 1. The van der Waals surface area contributed by atoms with Crippen LogP contribution in [0.1, 0.15) is 51.5 Å². The number of aliphatic hydroxyl groups excluding tert-OH is 1. The van der Waals surface area contributed by atoms with E-state index in [1.165, 1.54) is 10.6 Å². The van der Waals surface area contributed by atoms with Gasteiger partial charge in [0.15, 0.2) is 0 Å². The van der Waals surface area contributed by atoms with E-state index in [0.717, 1.165) is 34.3 Å². The highest BCUT2D eigenvalue weighted by molar-refractivity contribution is 5.44. The van der Waals surface area contributed by atoms with Crippen LogP contribution in [0.25, 0.3) is 5.69 Å². The molecule has 0 aliphatic heterocycles. The molecule has 0 saturated carbocycles. The van der Waals surface area contributed by atoms with Gasteiger partial charge in [-0.05, 0) is 49.6 Å². The summed E-state index contributed by atoms with van der Waals surface area (Å²) in [6.07, 6.45) is 2.29. The van der Waals surface area contributed by atoms with Crippen molar-refractivity contribution < 1.29 is 13.9 Å². The van der Waals surface area contributed by atoms with E-state index >= 15 is 0 Å². The second kappa shape index (κ2) is 9.73. The summed E-state index contributed by atoms with van der Waals surface area (Å²) >= 11 is 0. The molecule has 2 aromatic carbocycles. The molecule has 0 aliphatic rings. The Morgan fingerprint density at radius 1 is 1.00 bits per heavy atom. The number of halogens is 2. The van der Waals surface area contributed by atoms with Crippen LogP contribution in [0.15, 0.2) is 72.0 Å². The highest BCUT2D eigenvalue weighted by Gasteiger charge is 2.20. The van der Waals surface area contributed by atoms with Gasteiger partial charge in [0.1, 0.15) is 0 Å². The van der Waals surface area contributed by atoms with Crippen LogP contribution in [0.5, 0.6) is 0 Å². The molecule has 0 saturated heterocycles. The Bertz CT molecular complexity index is 1370. The van der Waals surface area contributed by atoms with E-state index in [-0.39, 0.29) is 24.2 Å². The summed E-state index contributed by atoms with van der Waals surface area (Å²) in [7, 11) is 0. The van der Waals surface area contributed by atoms with Crippen LogP contribution in [0.4, 0.5) is 8.78 Å². The second-order valence-corrected chi connectivity index (χ2v) is 8.64. The number of rotatable bonds is 7. The van der Waals surface area contributed by atoms with E-state index in [9.17, 15) is 18.7 Å². The molecule has 4 rings (SSSR count). The first-order valence-electron chi connectivity index (χ1n) is 11.1. The third kappa shape index (κ3) is 4.84. The second-order valence-electron chi connectivity index (χ2n) is 8.64. The van der Waals surface area contributed by atoms with Gasteiger partial charge in [-0.3, -0.25) is 4.79 Å². The van der Waals surface area contributed by atoms with Gasteiger partial charge in [0.05, 0.1) is 24.7 Å². The van der Waals surface area contributed by atoms with E-state index in [4.69, 9.17) is 0 Å². The van der Waals surface area contributed by atoms with Gasteiger partial charge in [-0.25, -0.2) is 13.8 Å². The lowest BCUT2D eigenvalue weighted by Gasteiger charge is -2.21. The highest BCUT2D eigenvalue weighted by atomic mass is 19.3. The number of aromatic nitrogens is 3. The summed E-state index contributed by atoms with van der Waals surface area (Å²) in [4.78, 5) is 17.6. The molecule has 0 spiro atoms. The van der Waals surface area contributed by atoms with Crippen LogP contribution in [0.3, 0.4) is 0 Å². The smallest absolute Gasteiger partial charge is 0.265 e. The lowest BCUT2D eigenvalue weighted by Crippen LogP contribution is -2.30. The van der Waals surface area contributed by atoms with Crippen molar-refractivity contribution in [3.8, 4) is 5.69 Å². The fraction of sp³-hybridized carbons (Fsp3) is 0.259. The summed E-state index contributed by atoms with van der Waals surface area (Å²) in [5, 5.41) is 10.1. The van der Waals surface area contributed by atoms with Gasteiger partial charge >= 0.3 is 0 Å². The molecule has 4 aromatic rings. The molecule has 1 N–H and O–H groups in total. The molecule has 1 atom stereocenters. The molecule has 2 heterocycles. The minimum atomic E-state index is -2.74. The fourth-order valence-corrected chi connectivity index (χ4v) is 4.28. The minimum Gasteiger partial charge on any atom is -0.394 e. The Kier molecular flexibility index (Phi) is 6.75. The SMILES string of the molecule is Cc1cccc([C@H](CO)n2cc(C(F)F)cc(Cc3ccc(-n4cnc(C)c4)c(C)c3)c2=O)c1. The Balaban J connectivity index is 1.74. The van der Waals surface area contributed by atoms with Crippen LogP contribution in [0, 0.1) is 20.8 Å². The normalized spacial score (nSPS) is 12.3. The van der Waals surface area contributed by atoms with E-state index in [2.05, 4.69) is 4.98 Å². The molecule has 0 amide bonds. The van der Waals surface area contributed by atoms with Crippen molar-refractivity contribution in [1.29, 1.82) is 0 Å². The van der Waals surface area contributed by atoms with E-state index < -0.39 is 18.0 Å². The number of pyridine rings is 1. The summed E-state index contributed by atoms with van der Waals surface area (Å²) in [5.74, 6) is 0. The van der Waals surface area contributed by atoms with Crippen LogP contribution < -0.4 is 5.56 Å². The first-order valence-corrected chi connectivity index (χ1v) is 11.1. The highest BCUT2D eigenvalue weighted by Crippen LogP contribution is 2.24. The number of imidazole rings is 1. The molecule has 0 unspecified atom stereocenters. The van der Waals surface area contributed by atoms with Gasteiger partial charge in [0, 0.05) is 35.6 Å². The zero-order chi connectivity index (χ0) is 24.4. The third-order valence-corrected chi connectivity index (χ3v) is 5.97. The molecular formula is C27H27F2N3O2. The number of hydrogen-bond donors (Lipinski definition) is 1. The maximum absolute atomic E-state index is 13.8. The lowest BCUT2D eigenvalue weighted by atomic mass is 10.0. The first kappa shape index (κ1) is 23.6. The largest absolute Gasteiger partial charge is 0.394 e. The average molecular weight is 464 g/mol. The van der Waals surface area contributed by atoms with Crippen molar-refractivity contribution in [2.45, 2.75) is 39.7 Å². The molecule has 0 radical (unpaired) electrons. The zero-order valence-electron chi connectivity index (χ0n) is 19.4. The van der Waals surface area contributed by atoms with Crippen LogP contribution in [-0.2, 0) is 6.42 Å². The number of aryl methyl sites for hydroxylation is 3. The van der Waals surface area contributed by atoms with Gasteiger partial charge in [-0.2, -0.15) is 0 Å². The number of alkyl halides is 2. The molecule has 0 bridgehead atoms. The Morgan fingerprint density at radius 3 is 2.41 bits per heavy atom. The molecule has 7 heteroatoms. The molecule has 0 fully saturated rings. The average Bonchev–Trinajstić information content (AvgIpc) is 3.22. The van der Waals surface area contributed by atoms with Gasteiger partial charge < -0.3 is 14.2 Å². The molecule has 34 heavy (non-hydrogen) atoms. The molecule has 176 valence electrons. The fourth-order valence-electron chi connectivity index (χ4n) is 4.28. The zero-order valence-corrected chi connectivity index (χ0v) is 19.4. The molecular weight excluding hydrogens is 436 g/mol. The standard InChI is InChI=1S/C27H27F2N3O2/c1-17-5-4-6-21(9-17)25(15-33)32-14-23(26(28)29)12-22(27(32)34)11-20-7-8-24(18(2)10-20)31-13-19(3)30-16-31/h4-10,12-14,16,25-26,33H,11,15H2,1-3H3/t25-/m0/s1. The quantitative estimate of drug-likeness (QED) is 0.416. The lowest BCUT2D eigenvalue weighted by molar-refractivity contribution is 0.149. The molecule has 0 aliphatic carbocycles. The van der Waals surface area contributed by atoms with Crippen molar-refractivity contribution in [2.75, 3.05) is 6.61 Å². The summed E-state index contributed by atoms with van der Waals surface area (Å²) < 4.78 is 30.7. The third-order valence-electron chi connectivity index (χ3n) is 5.97. The number of nitrogens with zero attached hydrogens (tertiary/aromatic N) is 3. The van der Waals surface area contributed by atoms with Gasteiger partial charge in [-0.15, -0.1) is 0 Å². The predicted molar refractivity (Wildman–Crippen MR) is 128 cm³/mol. The summed E-state index contributed by atoms with van der Waals surface area (Å²) in [6.45, 7) is 5.39. The van der Waals surface area contributed by atoms with Gasteiger partial charge in [0.2, 0.25) is 0 Å². The maximum Gasteiger partial charge on any atom is 0.265 e. The van der Waals surface area contributed by atoms with Crippen LogP contribution in [-0.4, -0.2) is 25.8 Å². The maximum atomic E-state index is 13.8. The van der Waals surface area contributed by atoms with Gasteiger partial charge in [0.25, 0.3) is 12.0 Å².